The van der Waals surface area contributed by atoms with Crippen molar-refractivity contribution in [3.8, 4) is 0 Å². The first-order valence-corrected chi connectivity index (χ1v) is 8.87. The second-order valence-electron chi connectivity index (χ2n) is 6.01. The van der Waals surface area contributed by atoms with Gasteiger partial charge in [0.15, 0.2) is 0 Å². The molecule has 0 saturated carbocycles. The molecule has 130 valence electrons. The summed E-state index contributed by atoms with van der Waals surface area (Å²) in [5.41, 5.74) is 1.56. The van der Waals surface area contributed by atoms with Crippen molar-refractivity contribution in [1.29, 1.82) is 0 Å². The van der Waals surface area contributed by atoms with Gasteiger partial charge in [0.05, 0.1) is 6.42 Å². The van der Waals surface area contributed by atoms with Crippen molar-refractivity contribution >= 4 is 40.7 Å². The first-order valence-electron chi connectivity index (χ1n) is 8.11. The zero-order chi connectivity index (χ0) is 17.8. The highest BCUT2D eigenvalue weighted by Crippen LogP contribution is 2.22. The SMILES string of the molecule is O=C1CCCN1CN(C(=O)Cc1ccc(Cl)cc1)c1cccc(Cl)c1. The van der Waals surface area contributed by atoms with E-state index in [1.54, 1.807) is 40.1 Å². The summed E-state index contributed by atoms with van der Waals surface area (Å²) in [7, 11) is 0. The first kappa shape index (κ1) is 17.8. The molecule has 2 amide bonds. The van der Waals surface area contributed by atoms with Gasteiger partial charge in [0.1, 0.15) is 6.67 Å². The maximum atomic E-state index is 12.9. The number of anilines is 1. The number of halogens is 2. The summed E-state index contributed by atoms with van der Waals surface area (Å²) in [6.45, 7) is 0.912. The van der Waals surface area contributed by atoms with Crippen molar-refractivity contribution < 1.29 is 9.59 Å². The van der Waals surface area contributed by atoms with Gasteiger partial charge in [-0.2, -0.15) is 0 Å². The van der Waals surface area contributed by atoms with E-state index in [1.807, 2.05) is 18.2 Å². The van der Waals surface area contributed by atoms with Gasteiger partial charge in [-0.05, 0) is 42.3 Å². The molecule has 3 rings (SSSR count). The maximum Gasteiger partial charge on any atom is 0.232 e. The van der Waals surface area contributed by atoms with Crippen LogP contribution >= 0.6 is 23.2 Å². The lowest BCUT2D eigenvalue weighted by molar-refractivity contribution is -0.128. The normalized spacial score (nSPS) is 14.0. The lowest BCUT2D eigenvalue weighted by Crippen LogP contribution is -2.43. The van der Waals surface area contributed by atoms with E-state index in [9.17, 15) is 9.59 Å². The van der Waals surface area contributed by atoms with Crippen molar-refractivity contribution in [3.63, 3.8) is 0 Å². The molecule has 2 aromatic rings. The Morgan fingerprint density at radius 1 is 1.08 bits per heavy atom. The lowest BCUT2D eigenvalue weighted by Gasteiger charge is -2.28. The third-order valence-electron chi connectivity index (χ3n) is 4.17. The molecule has 0 radical (unpaired) electrons. The van der Waals surface area contributed by atoms with Gasteiger partial charge in [-0.1, -0.05) is 41.4 Å². The molecule has 1 heterocycles. The summed E-state index contributed by atoms with van der Waals surface area (Å²) in [6.07, 6.45) is 1.59. The third-order valence-corrected chi connectivity index (χ3v) is 4.66. The molecule has 25 heavy (non-hydrogen) atoms. The van der Waals surface area contributed by atoms with Gasteiger partial charge in [-0.3, -0.25) is 14.5 Å². The Morgan fingerprint density at radius 3 is 2.48 bits per heavy atom. The highest BCUT2D eigenvalue weighted by atomic mass is 35.5. The van der Waals surface area contributed by atoms with Crippen LogP contribution in [0.1, 0.15) is 18.4 Å². The van der Waals surface area contributed by atoms with Crippen LogP contribution in [-0.4, -0.2) is 29.9 Å². The zero-order valence-electron chi connectivity index (χ0n) is 13.6. The lowest BCUT2D eigenvalue weighted by atomic mass is 10.1. The van der Waals surface area contributed by atoms with Crippen LogP contribution in [0.15, 0.2) is 48.5 Å². The van der Waals surface area contributed by atoms with Crippen LogP contribution < -0.4 is 4.90 Å². The molecule has 1 saturated heterocycles. The Bertz CT molecular complexity index is 777. The summed E-state index contributed by atoms with van der Waals surface area (Å²) in [6, 6.07) is 14.3. The van der Waals surface area contributed by atoms with E-state index in [0.717, 1.165) is 12.0 Å². The van der Waals surface area contributed by atoms with Gasteiger partial charge >= 0.3 is 0 Å². The smallest absolute Gasteiger partial charge is 0.232 e. The number of hydrogen-bond acceptors (Lipinski definition) is 2. The molecule has 0 atom stereocenters. The monoisotopic (exact) mass is 376 g/mol. The summed E-state index contributed by atoms with van der Waals surface area (Å²) in [4.78, 5) is 28.2. The van der Waals surface area contributed by atoms with E-state index in [4.69, 9.17) is 23.2 Å². The number of amides is 2. The fourth-order valence-electron chi connectivity index (χ4n) is 2.85. The molecule has 0 spiro atoms. The van der Waals surface area contributed by atoms with Gasteiger partial charge in [0, 0.05) is 28.7 Å². The number of rotatable bonds is 5. The maximum absolute atomic E-state index is 12.9. The molecule has 0 bridgehead atoms. The molecular weight excluding hydrogens is 359 g/mol. The van der Waals surface area contributed by atoms with Gasteiger partial charge in [-0.25, -0.2) is 0 Å². The van der Waals surface area contributed by atoms with E-state index in [0.29, 0.717) is 28.7 Å². The van der Waals surface area contributed by atoms with Gasteiger partial charge in [-0.15, -0.1) is 0 Å². The molecule has 0 aliphatic carbocycles. The minimum Gasteiger partial charge on any atom is -0.324 e. The Hall–Kier alpha value is -2.04. The zero-order valence-corrected chi connectivity index (χ0v) is 15.1. The van der Waals surface area contributed by atoms with Crippen LogP contribution in [0, 0.1) is 0 Å². The topological polar surface area (TPSA) is 40.6 Å². The van der Waals surface area contributed by atoms with E-state index in [1.165, 1.54) is 0 Å². The van der Waals surface area contributed by atoms with Crippen molar-refractivity contribution in [2.24, 2.45) is 0 Å². The van der Waals surface area contributed by atoms with Crippen molar-refractivity contribution in [2.45, 2.75) is 19.3 Å². The molecule has 6 heteroatoms. The van der Waals surface area contributed by atoms with Crippen LogP contribution in [0.25, 0.3) is 0 Å². The summed E-state index contributed by atoms with van der Waals surface area (Å²) < 4.78 is 0. The van der Waals surface area contributed by atoms with Crippen molar-refractivity contribution in [3.05, 3.63) is 64.1 Å². The van der Waals surface area contributed by atoms with E-state index < -0.39 is 0 Å². The number of carbonyl (C=O) groups is 2. The predicted octanol–water partition coefficient (Wildman–Crippen LogP) is 4.15. The fraction of sp³-hybridized carbons (Fsp3) is 0.263. The second-order valence-corrected chi connectivity index (χ2v) is 6.88. The molecule has 0 aromatic heterocycles. The molecule has 1 fully saturated rings. The molecular formula is C19H18Cl2N2O2. The van der Waals surface area contributed by atoms with E-state index in [2.05, 4.69) is 0 Å². The number of carbonyl (C=O) groups excluding carboxylic acids is 2. The Balaban J connectivity index is 1.82. The van der Waals surface area contributed by atoms with Gasteiger partial charge < -0.3 is 4.90 Å². The number of nitrogens with zero attached hydrogens (tertiary/aromatic N) is 2. The molecule has 2 aromatic carbocycles. The molecule has 0 N–H and O–H groups in total. The molecule has 1 aliphatic rings. The van der Waals surface area contributed by atoms with Crippen LogP contribution in [-0.2, 0) is 16.0 Å². The van der Waals surface area contributed by atoms with Crippen LogP contribution in [0.4, 0.5) is 5.69 Å². The third kappa shape index (κ3) is 4.53. The minimum atomic E-state index is -0.0933. The molecule has 1 aliphatic heterocycles. The Labute approximate surface area is 156 Å². The highest BCUT2D eigenvalue weighted by Gasteiger charge is 2.25. The summed E-state index contributed by atoms with van der Waals surface area (Å²) >= 11 is 12.0. The van der Waals surface area contributed by atoms with Crippen molar-refractivity contribution in [2.75, 3.05) is 18.1 Å². The molecule has 4 nitrogen and oxygen atoms in total. The van der Waals surface area contributed by atoms with Crippen molar-refractivity contribution in [1.82, 2.24) is 4.90 Å². The number of hydrogen-bond donors (Lipinski definition) is 0. The van der Waals surface area contributed by atoms with Crippen LogP contribution in [0.2, 0.25) is 10.0 Å². The standard InChI is InChI=1S/C19H18Cl2N2O2/c20-15-8-6-14(7-9-15)11-19(25)23(13-22-10-2-5-18(22)24)17-4-1-3-16(21)12-17/h1,3-4,6-9,12H,2,5,10-11,13H2. The van der Waals surface area contributed by atoms with Gasteiger partial charge in [0.25, 0.3) is 0 Å². The second kappa shape index (κ2) is 7.89. The highest BCUT2D eigenvalue weighted by molar-refractivity contribution is 6.31. The van der Waals surface area contributed by atoms with E-state index >= 15 is 0 Å². The quantitative estimate of drug-likeness (QED) is 0.786. The average Bonchev–Trinajstić information content (AvgIpc) is 2.99. The van der Waals surface area contributed by atoms with E-state index in [-0.39, 0.29) is 24.9 Å². The summed E-state index contributed by atoms with van der Waals surface area (Å²) in [5, 5.41) is 1.18. The largest absolute Gasteiger partial charge is 0.324 e. The summed E-state index contributed by atoms with van der Waals surface area (Å²) in [5.74, 6) is -0.0180. The first-order chi connectivity index (χ1) is 12.0. The Morgan fingerprint density at radius 2 is 1.84 bits per heavy atom. The average molecular weight is 377 g/mol. The van der Waals surface area contributed by atoms with Crippen LogP contribution in [0.5, 0.6) is 0 Å². The predicted molar refractivity (Wildman–Crippen MR) is 99.9 cm³/mol. The Kier molecular flexibility index (Phi) is 5.61. The molecule has 0 unspecified atom stereocenters. The van der Waals surface area contributed by atoms with Gasteiger partial charge in [0.2, 0.25) is 11.8 Å². The van der Waals surface area contributed by atoms with Crippen LogP contribution in [0.3, 0.4) is 0 Å². The minimum absolute atomic E-state index is 0.0753. The number of likely N-dealkylation sites (tertiary alicyclic amines) is 1. The fourth-order valence-corrected chi connectivity index (χ4v) is 3.16. The number of benzene rings is 2.